The highest BCUT2D eigenvalue weighted by Crippen LogP contribution is 2.41. The number of hydrogen-bond donors (Lipinski definition) is 2. The van der Waals surface area contributed by atoms with E-state index in [0.29, 0.717) is 23.4 Å². The standard InChI is InChI=1S/C23H22F2N4O2/c1-4-17-18(12-27-22(30)20(17)31-3)21-28-13(2)23(29-21,14-5-8-16(24)9-6-14)15-7-10-19(25)26-11-15/h5-13H,4H2,1-3H3,(H,27,30)(H,28,29)/t13-,23-/m0/s1. The van der Waals surface area contributed by atoms with Crippen LogP contribution in [0.4, 0.5) is 8.78 Å². The van der Waals surface area contributed by atoms with E-state index in [1.165, 1.54) is 31.5 Å². The molecule has 1 aromatic carbocycles. The second kappa shape index (κ2) is 7.94. The first kappa shape index (κ1) is 20.7. The van der Waals surface area contributed by atoms with E-state index in [1.807, 2.05) is 13.8 Å². The van der Waals surface area contributed by atoms with Gasteiger partial charge in [0, 0.05) is 29.1 Å². The maximum Gasteiger partial charge on any atom is 0.290 e. The first-order valence-corrected chi connectivity index (χ1v) is 9.94. The average molecular weight is 424 g/mol. The van der Waals surface area contributed by atoms with E-state index < -0.39 is 11.5 Å². The Morgan fingerprint density at radius 2 is 1.84 bits per heavy atom. The third kappa shape index (κ3) is 3.37. The van der Waals surface area contributed by atoms with Crippen LogP contribution in [0.2, 0.25) is 0 Å². The highest BCUT2D eigenvalue weighted by atomic mass is 19.1. The number of hydrogen-bond acceptors (Lipinski definition) is 5. The van der Waals surface area contributed by atoms with E-state index in [4.69, 9.17) is 9.73 Å². The van der Waals surface area contributed by atoms with Gasteiger partial charge >= 0.3 is 0 Å². The molecular weight excluding hydrogens is 402 g/mol. The fourth-order valence-electron chi connectivity index (χ4n) is 4.18. The largest absolute Gasteiger partial charge is 0.491 e. The van der Waals surface area contributed by atoms with Crippen LogP contribution in [0.15, 0.2) is 58.6 Å². The first-order valence-electron chi connectivity index (χ1n) is 9.94. The quantitative estimate of drug-likeness (QED) is 0.616. The van der Waals surface area contributed by atoms with Crippen LogP contribution in [0.5, 0.6) is 5.75 Å². The minimum atomic E-state index is -0.974. The number of aromatic amines is 1. The Labute approximate surface area is 178 Å². The van der Waals surface area contributed by atoms with Crippen molar-refractivity contribution in [1.82, 2.24) is 15.3 Å². The van der Waals surface area contributed by atoms with Gasteiger partial charge in [-0.2, -0.15) is 4.39 Å². The minimum Gasteiger partial charge on any atom is -0.491 e. The highest BCUT2D eigenvalue weighted by molar-refractivity contribution is 6.02. The molecule has 0 aliphatic carbocycles. The molecule has 0 amide bonds. The van der Waals surface area contributed by atoms with Crippen molar-refractivity contribution >= 4 is 5.84 Å². The lowest BCUT2D eigenvalue weighted by Crippen LogP contribution is -2.41. The summed E-state index contributed by atoms with van der Waals surface area (Å²) in [5.41, 5.74) is 1.51. The SMILES string of the molecule is CCc1c(C2=N[C@@](c3ccc(F)cc3)(c3ccc(F)nc3)[C@H](C)N2)c[nH]c(=O)c1OC. The first-order chi connectivity index (χ1) is 14.9. The molecule has 160 valence electrons. The number of H-pyrrole nitrogens is 1. The molecule has 2 N–H and O–H groups in total. The summed E-state index contributed by atoms with van der Waals surface area (Å²) in [4.78, 5) is 23.7. The summed E-state index contributed by atoms with van der Waals surface area (Å²) >= 11 is 0. The van der Waals surface area contributed by atoms with Crippen molar-refractivity contribution in [2.24, 2.45) is 4.99 Å². The van der Waals surface area contributed by atoms with Gasteiger partial charge in [0.15, 0.2) is 5.75 Å². The maximum absolute atomic E-state index is 13.7. The molecule has 2 aromatic heterocycles. The predicted molar refractivity (Wildman–Crippen MR) is 114 cm³/mol. The van der Waals surface area contributed by atoms with Gasteiger partial charge in [0.05, 0.1) is 13.2 Å². The van der Waals surface area contributed by atoms with Crippen molar-refractivity contribution < 1.29 is 13.5 Å². The molecule has 3 aromatic rings. The average Bonchev–Trinajstić information content (AvgIpc) is 3.12. The summed E-state index contributed by atoms with van der Waals surface area (Å²) in [6.07, 6.45) is 3.60. The Bertz CT molecular complexity index is 1140. The number of aliphatic imine (C=N–C) groups is 1. The van der Waals surface area contributed by atoms with E-state index in [1.54, 1.807) is 24.4 Å². The third-order valence-electron chi connectivity index (χ3n) is 5.69. The zero-order valence-corrected chi connectivity index (χ0v) is 17.4. The summed E-state index contributed by atoms with van der Waals surface area (Å²) < 4.78 is 32.5. The molecule has 0 saturated carbocycles. The monoisotopic (exact) mass is 424 g/mol. The molecule has 0 bridgehead atoms. The van der Waals surface area contributed by atoms with Crippen LogP contribution in [-0.2, 0) is 12.0 Å². The third-order valence-corrected chi connectivity index (χ3v) is 5.69. The Hall–Kier alpha value is -3.55. The molecule has 0 saturated heterocycles. The van der Waals surface area contributed by atoms with Crippen molar-refractivity contribution in [2.75, 3.05) is 7.11 Å². The van der Waals surface area contributed by atoms with E-state index in [9.17, 15) is 13.6 Å². The van der Waals surface area contributed by atoms with Crippen LogP contribution in [0.1, 0.15) is 36.1 Å². The molecule has 1 aliphatic heterocycles. The van der Waals surface area contributed by atoms with Gasteiger partial charge in [-0.1, -0.05) is 25.1 Å². The number of nitrogens with one attached hydrogen (secondary N) is 2. The fourth-order valence-corrected chi connectivity index (χ4v) is 4.18. The van der Waals surface area contributed by atoms with Crippen molar-refractivity contribution in [2.45, 2.75) is 31.8 Å². The van der Waals surface area contributed by atoms with Crippen LogP contribution in [0, 0.1) is 11.8 Å². The molecule has 31 heavy (non-hydrogen) atoms. The Kier molecular flexibility index (Phi) is 5.31. The number of ether oxygens (including phenoxy) is 1. The van der Waals surface area contributed by atoms with Gasteiger partial charge < -0.3 is 15.0 Å². The van der Waals surface area contributed by atoms with Gasteiger partial charge in [0.25, 0.3) is 5.56 Å². The molecule has 4 rings (SSSR count). The van der Waals surface area contributed by atoms with Gasteiger partial charge in [0.1, 0.15) is 17.2 Å². The molecule has 0 unspecified atom stereocenters. The zero-order chi connectivity index (χ0) is 22.2. The Morgan fingerprint density at radius 3 is 2.45 bits per heavy atom. The molecule has 0 spiro atoms. The van der Waals surface area contributed by atoms with Gasteiger partial charge in [-0.3, -0.25) is 4.79 Å². The molecule has 1 aliphatic rings. The second-order valence-corrected chi connectivity index (χ2v) is 7.37. The number of amidine groups is 1. The molecular formula is C23H22F2N4O2. The molecule has 0 radical (unpaired) electrons. The number of benzene rings is 1. The lowest BCUT2D eigenvalue weighted by atomic mass is 9.79. The topological polar surface area (TPSA) is 79.4 Å². The summed E-state index contributed by atoms with van der Waals surface area (Å²) in [7, 11) is 1.45. The van der Waals surface area contributed by atoms with E-state index >= 15 is 0 Å². The fraction of sp³-hybridized carbons (Fsp3) is 0.261. The molecule has 3 heterocycles. The van der Waals surface area contributed by atoms with E-state index in [0.717, 1.165) is 11.1 Å². The molecule has 8 heteroatoms. The summed E-state index contributed by atoms with van der Waals surface area (Å²) in [6.45, 7) is 3.87. The number of halogens is 2. The Morgan fingerprint density at radius 1 is 1.13 bits per heavy atom. The summed E-state index contributed by atoms with van der Waals surface area (Å²) in [5, 5.41) is 3.39. The van der Waals surface area contributed by atoms with Gasteiger partial charge in [-0.15, -0.1) is 0 Å². The number of pyridine rings is 2. The predicted octanol–water partition coefficient (Wildman–Crippen LogP) is 3.30. The Balaban J connectivity index is 1.96. The second-order valence-electron chi connectivity index (χ2n) is 7.37. The van der Waals surface area contributed by atoms with Crippen LogP contribution in [0.3, 0.4) is 0 Å². The highest BCUT2D eigenvalue weighted by Gasteiger charge is 2.45. The van der Waals surface area contributed by atoms with Crippen LogP contribution in [0.25, 0.3) is 0 Å². The van der Waals surface area contributed by atoms with E-state index in [-0.39, 0.29) is 23.2 Å². The summed E-state index contributed by atoms with van der Waals surface area (Å²) in [5.74, 6) is -0.176. The van der Waals surface area contributed by atoms with Crippen molar-refractivity contribution in [3.05, 3.63) is 93.2 Å². The maximum atomic E-state index is 13.7. The van der Waals surface area contributed by atoms with Crippen LogP contribution < -0.4 is 15.6 Å². The number of nitrogens with zero attached hydrogens (tertiary/aromatic N) is 2. The van der Waals surface area contributed by atoms with Gasteiger partial charge in [0.2, 0.25) is 5.95 Å². The normalized spacial score (nSPS) is 20.3. The van der Waals surface area contributed by atoms with Crippen LogP contribution >= 0.6 is 0 Å². The number of methoxy groups -OCH3 is 1. The summed E-state index contributed by atoms with van der Waals surface area (Å²) in [6, 6.07) is 8.70. The van der Waals surface area contributed by atoms with Crippen molar-refractivity contribution in [3.8, 4) is 5.75 Å². The van der Waals surface area contributed by atoms with Gasteiger partial charge in [-0.25, -0.2) is 14.4 Å². The van der Waals surface area contributed by atoms with Crippen molar-refractivity contribution in [1.29, 1.82) is 0 Å². The zero-order valence-electron chi connectivity index (χ0n) is 17.4. The number of aromatic nitrogens is 2. The number of rotatable bonds is 5. The van der Waals surface area contributed by atoms with Crippen molar-refractivity contribution in [3.63, 3.8) is 0 Å². The smallest absolute Gasteiger partial charge is 0.290 e. The van der Waals surface area contributed by atoms with E-state index in [2.05, 4.69) is 15.3 Å². The van der Waals surface area contributed by atoms with Crippen LogP contribution in [-0.4, -0.2) is 29.0 Å². The molecule has 2 atom stereocenters. The molecule has 0 fully saturated rings. The molecule has 6 nitrogen and oxygen atoms in total. The lowest BCUT2D eigenvalue weighted by Gasteiger charge is -2.31. The van der Waals surface area contributed by atoms with Gasteiger partial charge in [-0.05, 0) is 37.1 Å². The lowest BCUT2D eigenvalue weighted by molar-refractivity contribution is 0.403. The minimum absolute atomic E-state index is 0.236.